The smallest absolute Gasteiger partial charge is 0.168 e. The predicted octanol–water partition coefficient (Wildman–Crippen LogP) is 1.80. The van der Waals surface area contributed by atoms with Gasteiger partial charge in [0.2, 0.25) is 0 Å². The van der Waals surface area contributed by atoms with Crippen molar-refractivity contribution in [2.75, 3.05) is 7.11 Å². The van der Waals surface area contributed by atoms with Crippen LogP contribution in [0, 0.1) is 0 Å². The zero-order chi connectivity index (χ0) is 11.7. The number of ether oxygens (including phenoxy) is 1. The largest absolute Gasteiger partial charge is 0.497 e. The van der Waals surface area contributed by atoms with Crippen molar-refractivity contribution in [3.8, 4) is 17.1 Å². The van der Waals surface area contributed by atoms with E-state index in [1.54, 1.807) is 19.5 Å². The fourth-order valence-corrected chi connectivity index (χ4v) is 1.70. The van der Waals surface area contributed by atoms with Crippen LogP contribution in [0.15, 0.2) is 42.9 Å². The zero-order valence-corrected chi connectivity index (χ0v) is 9.24. The van der Waals surface area contributed by atoms with E-state index >= 15 is 0 Å². The molecule has 0 aliphatic rings. The minimum Gasteiger partial charge on any atom is -0.497 e. The molecule has 3 aromatic heterocycles. The summed E-state index contributed by atoms with van der Waals surface area (Å²) in [5, 5.41) is 8.29. The first kappa shape index (κ1) is 9.77. The van der Waals surface area contributed by atoms with Crippen molar-refractivity contribution in [1.82, 2.24) is 19.6 Å². The minimum absolute atomic E-state index is 0.760. The maximum atomic E-state index is 5.15. The molecule has 0 atom stereocenters. The molecule has 5 heteroatoms. The van der Waals surface area contributed by atoms with Gasteiger partial charge in [0, 0.05) is 30.2 Å². The van der Waals surface area contributed by atoms with Crippen molar-refractivity contribution < 1.29 is 4.74 Å². The highest BCUT2D eigenvalue weighted by atomic mass is 16.5. The van der Waals surface area contributed by atoms with E-state index in [0.29, 0.717) is 0 Å². The average molecular weight is 226 g/mol. The fourth-order valence-electron chi connectivity index (χ4n) is 1.70. The van der Waals surface area contributed by atoms with Crippen LogP contribution in [0.3, 0.4) is 0 Å². The molecule has 0 spiro atoms. The number of nitrogens with zero attached hydrogens (tertiary/aromatic N) is 4. The molecular formula is C12H10N4O. The van der Waals surface area contributed by atoms with E-state index in [-0.39, 0.29) is 0 Å². The summed E-state index contributed by atoms with van der Waals surface area (Å²) in [7, 11) is 1.63. The minimum atomic E-state index is 0.760. The molecule has 0 amide bonds. The Morgan fingerprint density at radius 3 is 2.71 bits per heavy atom. The summed E-state index contributed by atoms with van der Waals surface area (Å²) < 4.78 is 7.06. The lowest BCUT2D eigenvalue weighted by molar-refractivity contribution is 0.414. The van der Waals surface area contributed by atoms with Crippen molar-refractivity contribution in [3.63, 3.8) is 0 Å². The molecule has 0 saturated heterocycles. The molecule has 0 radical (unpaired) electrons. The molecule has 17 heavy (non-hydrogen) atoms. The Morgan fingerprint density at radius 1 is 1.12 bits per heavy atom. The van der Waals surface area contributed by atoms with Crippen LogP contribution in [0.1, 0.15) is 0 Å². The molecule has 0 N–H and O–H groups in total. The second-order valence-corrected chi connectivity index (χ2v) is 3.55. The van der Waals surface area contributed by atoms with Crippen molar-refractivity contribution >= 4 is 5.65 Å². The summed E-state index contributed by atoms with van der Waals surface area (Å²) >= 11 is 0. The van der Waals surface area contributed by atoms with Gasteiger partial charge in [-0.05, 0) is 18.2 Å². The maximum Gasteiger partial charge on any atom is 0.168 e. The third-order valence-corrected chi connectivity index (χ3v) is 2.56. The third kappa shape index (κ3) is 1.61. The molecule has 3 aromatic rings. The van der Waals surface area contributed by atoms with E-state index in [0.717, 1.165) is 22.8 Å². The SMILES string of the molecule is COc1ccn2c(-c3ccncc3)nnc2c1. The molecule has 0 aliphatic heterocycles. The molecule has 84 valence electrons. The molecule has 0 saturated carbocycles. The second-order valence-electron chi connectivity index (χ2n) is 3.55. The van der Waals surface area contributed by atoms with E-state index < -0.39 is 0 Å². The Morgan fingerprint density at radius 2 is 1.94 bits per heavy atom. The maximum absolute atomic E-state index is 5.15. The van der Waals surface area contributed by atoms with Crippen LogP contribution in [-0.2, 0) is 0 Å². The van der Waals surface area contributed by atoms with Gasteiger partial charge in [-0.3, -0.25) is 9.38 Å². The van der Waals surface area contributed by atoms with Gasteiger partial charge in [-0.15, -0.1) is 10.2 Å². The zero-order valence-electron chi connectivity index (χ0n) is 9.24. The van der Waals surface area contributed by atoms with Crippen molar-refractivity contribution in [3.05, 3.63) is 42.9 Å². The summed E-state index contributed by atoms with van der Waals surface area (Å²) in [5.41, 5.74) is 1.74. The van der Waals surface area contributed by atoms with Gasteiger partial charge in [0.05, 0.1) is 7.11 Å². The third-order valence-electron chi connectivity index (χ3n) is 2.56. The highest BCUT2D eigenvalue weighted by Gasteiger charge is 2.07. The number of aromatic nitrogens is 4. The standard InChI is InChI=1S/C12H10N4O/c1-17-10-4-7-16-11(8-10)14-15-12(16)9-2-5-13-6-3-9/h2-8H,1H3. The Labute approximate surface area is 97.7 Å². The lowest BCUT2D eigenvalue weighted by atomic mass is 10.2. The van der Waals surface area contributed by atoms with Crippen LogP contribution in [0.25, 0.3) is 17.0 Å². The Kier molecular flexibility index (Phi) is 2.22. The monoisotopic (exact) mass is 226 g/mol. The number of methoxy groups -OCH3 is 1. The van der Waals surface area contributed by atoms with Gasteiger partial charge in [-0.2, -0.15) is 0 Å². The second kappa shape index (κ2) is 3.86. The quantitative estimate of drug-likeness (QED) is 0.668. The van der Waals surface area contributed by atoms with Crippen molar-refractivity contribution in [2.45, 2.75) is 0 Å². The first-order valence-electron chi connectivity index (χ1n) is 5.17. The molecule has 0 fully saturated rings. The summed E-state index contributed by atoms with van der Waals surface area (Å²) in [6, 6.07) is 7.53. The van der Waals surface area contributed by atoms with E-state index in [1.165, 1.54) is 0 Å². The van der Waals surface area contributed by atoms with Crippen LogP contribution in [0.2, 0.25) is 0 Å². The normalized spacial score (nSPS) is 10.6. The number of hydrogen-bond acceptors (Lipinski definition) is 4. The van der Waals surface area contributed by atoms with Gasteiger partial charge in [-0.1, -0.05) is 0 Å². The molecule has 0 aromatic carbocycles. The Bertz CT molecular complexity index is 648. The van der Waals surface area contributed by atoms with Crippen LogP contribution in [0.4, 0.5) is 0 Å². The number of pyridine rings is 2. The van der Waals surface area contributed by atoms with Crippen molar-refractivity contribution in [1.29, 1.82) is 0 Å². The lowest BCUT2D eigenvalue weighted by Gasteiger charge is -2.01. The van der Waals surface area contributed by atoms with E-state index in [1.807, 2.05) is 34.9 Å². The first-order chi connectivity index (χ1) is 8.38. The number of hydrogen-bond donors (Lipinski definition) is 0. The summed E-state index contributed by atoms with van der Waals surface area (Å²) in [6.45, 7) is 0. The fraction of sp³-hybridized carbons (Fsp3) is 0.0833. The highest BCUT2D eigenvalue weighted by molar-refractivity contribution is 5.59. The molecule has 5 nitrogen and oxygen atoms in total. The Balaban J connectivity index is 2.19. The summed E-state index contributed by atoms with van der Waals surface area (Å²) in [5.74, 6) is 1.57. The van der Waals surface area contributed by atoms with E-state index in [9.17, 15) is 0 Å². The first-order valence-corrected chi connectivity index (χ1v) is 5.17. The van der Waals surface area contributed by atoms with Crippen LogP contribution < -0.4 is 4.74 Å². The average Bonchev–Trinajstić information content (AvgIpc) is 2.82. The molecule has 0 unspecified atom stereocenters. The lowest BCUT2D eigenvalue weighted by Crippen LogP contribution is -1.90. The molecule has 0 bridgehead atoms. The highest BCUT2D eigenvalue weighted by Crippen LogP contribution is 2.19. The van der Waals surface area contributed by atoms with Gasteiger partial charge >= 0.3 is 0 Å². The molecular weight excluding hydrogens is 216 g/mol. The molecule has 0 aliphatic carbocycles. The van der Waals surface area contributed by atoms with Gasteiger partial charge in [0.25, 0.3) is 0 Å². The van der Waals surface area contributed by atoms with E-state index in [4.69, 9.17) is 4.74 Å². The van der Waals surface area contributed by atoms with Gasteiger partial charge in [0.15, 0.2) is 11.5 Å². The Hall–Kier alpha value is -2.43. The van der Waals surface area contributed by atoms with E-state index in [2.05, 4.69) is 15.2 Å². The van der Waals surface area contributed by atoms with Gasteiger partial charge in [0.1, 0.15) is 5.75 Å². The summed E-state index contributed by atoms with van der Waals surface area (Å²) in [6.07, 6.45) is 5.36. The van der Waals surface area contributed by atoms with Gasteiger partial charge in [-0.25, -0.2) is 0 Å². The van der Waals surface area contributed by atoms with Crippen LogP contribution in [-0.4, -0.2) is 26.7 Å². The topological polar surface area (TPSA) is 52.3 Å². The van der Waals surface area contributed by atoms with Gasteiger partial charge < -0.3 is 4.74 Å². The predicted molar refractivity (Wildman–Crippen MR) is 62.8 cm³/mol. The van der Waals surface area contributed by atoms with Crippen molar-refractivity contribution in [2.24, 2.45) is 0 Å². The molecule has 3 rings (SSSR count). The molecule has 3 heterocycles. The van der Waals surface area contributed by atoms with Crippen LogP contribution >= 0.6 is 0 Å². The van der Waals surface area contributed by atoms with Crippen LogP contribution in [0.5, 0.6) is 5.75 Å². The summed E-state index contributed by atoms with van der Waals surface area (Å²) in [4.78, 5) is 3.99. The number of fused-ring (bicyclic) bond motifs is 1. The number of rotatable bonds is 2.